The second-order valence-corrected chi connectivity index (χ2v) is 6.00. The molecule has 6 heteroatoms. The van der Waals surface area contributed by atoms with Crippen LogP contribution in [0.3, 0.4) is 0 Å². The number of hydrogen-bond acceptors (Lipinski definition) is 5. The maximum Gasteiger partial charge on any atom is 0.222 e. The Balaban J connectivity index is 1.51. The molecule has 0 bridgehead atoms. The molecule has 1 amide bonds. The van der Waals surface area contributed by atoms with Crippen molar-refractivity contribution in [1.82, 2.24) is 15.6 Å². The van der Waals surface area contributed by atoms with Gasteiger partial charge < -0.3 is 15.4 Å². The van der Waals surface area contributed by atoms with E-state index >= 15 is 0 Å². The molecule has 0 aliphatic carbocycles. The minimum Gasteiger partial charge on any atom is -0.378 e. The van der Waals surface area contributed by atoms with E-state index in [4.69, 9.17) is 4.74 Å². The van der Waals surface area contributed by atoms with Crippen LogP contribution in [0.4, 0.5) is 0 Å². The van der Waals surface area contributed by atoms with E-state index in [0.717, 1.165) is 43.1 Å². The second-order valence-electron chi connectivity index (χ2n) is 5.05. The molecule has 1 aliphatic rings. The zero-order chi connectivity index (χ0) is 14.2. The lowest BCUT2D eigenvalue weighted by Crippen LogP contribution is -2.33. The van der Waals surface area contributed by atoms with Gasteiger partial charge in [-0.15, -0.1) is 11.3 Å². The van der Waals surface area contributed by atoms with Crippen molar-refractivity contribution in [1.29, 1.82) is 0 Å². The summed E-state index contributed by atoms with van der Waals surface area (Å²) < 4.78 is 5.71. The monoisotopic (exact) mass is 297 g/mol. The van der Waals surface area contributed by atoms with Gasteiger partial charge >= 0.3 is 0 Å². The standard InChI is InChI=1S/C14H23N3O2S/c1-11-10-20-14(17-11)4-8-16-13(18)5-9-19-12-2-6-15-7-3-12/h10,12,15H,2-9H2,1H3,(H,16,18). The van der Waals surface area contributed by atoms with Gasteiger partial charge in [0.05, 0.1) is 17.7 Å². The minimum absolute atomic E-state index is 0.0622. The van der Waals surface area contributed by atoms with Crippen LogP contribution in [0.15, 0.2) is 5.38 Å². The van der Waals surface area contributed by atoms with Crippen LogP contribution in [-0.4, -0.2) is 43.2 Å². The number of aromatic nitrogens is 1. The Morgan fingerprint density at radius 1 is 1.55 bits per heavy atom. The third-order valence-corrected chi connectivity index (χ3v) is 4.32. The number of piperidine rings is 1. The number of rotatable bonds is 7. The lowest BCUT2D eigenvalue weighted by Gasteiger charge is -2.22. The first kappa shape index (κ1) is 15.4. The average molecular weight is 297 g/mol. The molecule has 0 saturated carbocycles. The normalized spacial score (nSPS) is 16.2. The lowest BCUT2D eigenvalue weighted by atomic mass is 10.1. The minimum atomic E-state index is 0.0622. The van der Waals surface area contributed by atoms with E-state index < -0.39 is 0 Å². The fourth-order valence-electron chi connectivity index (χ4n) is 2.20. The number of nitrogens with zero attached hydrogens (tertiary/aromatic N) is 1. The summed E-state index contributed by atoms with van der Waals surface area (Å²) in [5.74, 6) is 0.0622. The third-order valence-electron chi connectivity index (χ3n) is 3.30. The Kier molecular flexibility index (Phi) is 6.42. The van der Waals surface area contributed by atoms with Crippen molar-refractivity contribution in [2.75, 3.05) is 26.2 Å². The molecule has 2 N–H and O–H groups in total. The Morgan fingerprint density at radius 2 is 2.35 bits per heavy atom. The molecule has 1 saturated heterocycles. The van der Waals surface area contributed by atoms with Gasteiger partial charge in [-0.2, -0.15) is 0 Å². The summed E-state index contributed by atoms with van der Waals surface area (Å²) in [7, 11) is 0. The predicted octanol–water partition coefficient (Wildman–Crippen LogP) is 1.27. The summed E-state index contributed by atoms with van der Waals surface area (Å²) in [6.07, 6.45) is 3.67. The van der Waals surface area contributed by atoms with Crippen LogP contribution in [0.5, 0.6) is 0 Å². The number of aryl methyl sites for hydroxylation is 1. The first-order chi connectivity index (χ1) is 9.74. The zero-order valence-electron chi connectivity index (χ0n) is 12.0. The van der Waals surface area contributed by atoms with Gasteiger partial charge in [-0.1, -0.05) is 0 Å². The third kappa shape index (κ3) is 5.56. The van der Waals surface area contributed by atoms with Crippen molar-refractivity contribution >= 4 is 17.2 Å². The van der Waals surface area contributed by atoms with Crippen LogP contribution < -0.4 is 10.6 Å². The maximum atomic E-state index is 11.7. The smallest absolute Gasteiger partial charge is 0.222 e. The Hall–Kier alpha value is -0.980. The van der Waals surface area contributed by atoms with E-state index in [0.29, 0.717) is 25.7 Å². The average Bonchev–Trinajstić information content (AvgIpc) is 2.86. The number of carbonyl (C=O) groups excluding carboxylic acids is 1. The molecule has 1 aliphatic heterocycles. The molecule has 20 heavy (non-hydrogen) atoms. The van der Waals surface area contributed by atoms with Crippen LogP contribution in [0.25, 0.3) is 0 Å². The molecule has 1 fully saturated rings. The molecule has 5 nitrogen and oxygen atoms in total. The van der Waals surface area contributed by atoms with Gasteiger partial charge in [-0.25, -0.2) is 4.98 Å². The lowest BCUT2D eigenvalue weighted by molar-refractivity contribution is -0.122. The molecule has 0 radical (unpaired) electrons. The molecule has 1 aromatic heterocycles. The van der Waals surface area contributed by atoms with Crippen molar-refractivity contribution in [3.63, 3.8) is 0 Å². The number of thiazole rings is 1. The number of amides is 1. The van der Waals surface area contributed by atoms with Crippen LogP contribution in [0.2, 0.25) is 0 Å². The van der Waals surface area contributed by atoms with Gasteiger partial charge in [0.25, 0.3) is 0 Å². The molecule has 0 spiro atoms. The first-order valence-corrected chi connectivity index (χ1v) is 8.12. The van der Waals surface area contributed by atoms with Crippen molar-refractivity contribution < 1.29 is 9.53 Å². The molecule has 0 aromatic carbocycles. The van der Waals surface area contributed by atoms with Crippen molar-refractivity contribution in [2.45, 2.75) is 38.7 Å². The maximum absolute atomic E-state index is 11.7. The molecule has 0 unspecified atom stereocenters. The first-order valence-electron chi connectivity index (χ1n) is 7.24. The molecular weight excluding hydrogens is 274 g/mol. The topological polar surface area (TPSA) is 63.2 Å². The Bertz CT molecular complexity index is 416. The summed E-state index contributed by atoms with van der Waals surface area (Å²) >= 11 is 1.64. The second kappa shape index (κ2) is 8.34. The van der Waals surface area contributed by atoms with Crippen LogP contribution in [0, 0.1) is 6.92 Å². The molecule has 1 aromatic rings. The summed E-state index contributed by atoms with van der Waals surface area (Å²) in [6.45, 7) is 5.19. The van der Waals surface area contributed by atoms with Crippen LogP contribution >= 0.6 is 11.3 Å². The molecule has 0 atom stereocenters. The largest absolute Gasteiger partial charge is 0.378 e. The van der Waals surface area contributed by atoms with E-state index in [1.807, 2.05) is 12.3 Å². The molecule has 2 heterocycles. The van der Waals surface area contributed by atoms with Gasteiger partial charge in [0.15, 0.2) is 0 Å². The Labute approximate surface area is 124 Å². The van der Waals surface area contributed by atoms with Gasteiger partial charge in [0, 0.05) is 30.5 Å². The fourth-order valence-corrected chi connectivity index (χ4v) is 2.97. The quantitative estimate of drug-likeness (QED) is 0.795. The highest BCUT2D eigenvalue weighted by molar-refractivity contribution is 7.09. The highest BCUT2D eigenvalue weighted by atomic mass is 32.1. The van der Waals surface area contributed by atoms with Crippen molar-refractivity contribution in [2.24, 2.45) is 0 Å². The van der Waals surface area contributed by atoms with E-state index in [1.54, 1.807) is 11.3 Å². The number of carbonyl (C=O) groups is 1. The number of hydrogen-bond donors (Lipinski definition) is 2. The van der Waals surface area contributed by atoms with Crippen molar-refractivity contribution in [3.05, 3.63) is 16.1 Å². The van der Waals surface area contributed by atoms with E-state index in [-0.39, 0.29) is 5.91 Å². The van der Waals surface area contributed by atoms with Gasteiger partial charge in [-0.05, 0) is 32.9 Å². The fraction of sp³-hybridized carbons (Fsp3) is 0.714. The van der Waals surface area contributed by atoms with E-state index in [1.165, 1.54) is 0 Å². The Morgan fingerprint density at radius 3 is 3.05 bits per heavy atom. The molecular formula is C14H23N3O2S. The van der Waals surface area contributed by atoms with Gasteiger partial charge in [0.1, 0.15) is 0 Å². The van der Waals surface area contributed by atoms with Gasteiger partial charge in [0.2, 0.25) is 5.91 Å². The van der Waals surface area contributed by atoms with Crippen molar-refractivity contribution in [3.8, 4) is 0 Å². The number of ether oxygens (including phenoxy) is 1. The highest BCUT2D eigenvalue weighted by Crippen LogP contribution is 2.09. The molecule has 2 rings (SSSR count). The highest BCUT2D eigenvalue weighted by Gasteiger charge is 2.13. The van der Waals surface area contributed by atoms with Gasteiger partial charge in [-0.3, -0.25) is 4.79 Å². The SMILES string of the molecule is Cc1csc(CCNC(=O)CCOC2CCNCC2)n1. The predicted molar refractivity (Wildman–Crippen MR) is 80.0 cm³/mol. The summed E-state index contributed by atoms with van der Waals surface area (Å²) in [5, 5.41) is 9.32. The van der Waals surface area contributed by atoms with E-state index in [2.05, 4.69) is 15.6 Å². The summed E-state index contributed by atoms with van der Waals surface area (Å²) in [6, 6.07) is 0. The summed E-state index contributed by atoms with van der Waals surface area (Å²) in [5.41, 5.74) is 1.05. The van der Waals surface area contributed by atoms with Crippen LogP contribution in [0.1, 0.15) is 30.0 Å². The zero-order valence-corrected chi connectivity index (χ0v) is 12.8. The van der Waals surface area contributed by atoms with Crippen LogP contribution in [-0.2, 0) is 16.0 Å². The van der Waals surface area contributed by atoms with E-state index in [9.17, 15) is 4.79 Å². The summed E-state index contributed by atoms with van der Waals surface area (Å²) in [4.78, 5) is 16.0. The number of nitrogens with one attached hydrogen (secondary N) is 2. The molecule has 112 valence electrons.